The van der Waals surface area contributed by atoms with E-state index in [0.717, 1.165) is 0 Å². The van der Waals surface area contributed by atoms with Crippen molar-refractivity contribution in [3.63, 3.8) is 0 Å². The van der Waals surface area contributed by atoms with Crippen molar-refractivity contribution in [2.24, 2.45) is 0 Å². The number of amides is 2. The average molecular weight is 282 g/mol. The number of carbonyl (C=O) groups excluding carboxylic acids is 1. The van der Waals surface area contributed by atoms with Gasteiger partial charge in [0.25, 0.3) is 0 Å². The predicted octanol–water partition coefficient (Wildman–Crippen LogP) is 0.454. The second-order valence-electron chi connectivity index (χ2n) is 4.08. The molecule has 0 saturated carbocycles. The van der Waals surface area contributed by atoms with Crippen LogP contribution >= 0.6 is 11.8 Å². The fourth-order valence-corrected chi connectivity index (χ4v) is 2.86. The summed E-state index contributed by atoms with van der Waals surface area (Å²) >= 11 is 1.43. The number of carboxylic acid groups (broad SMARTS) is 1. The molecule has 1 aliphatic heterocycles. The summed E-state index contributed by atoms with van der Waals surface area (Å²) in [5.41, 5.74) is 0.694. The topological polar surface area (TPSA) is 95.4 Å². The van der Waals surface area contributed by atoms with E-state index in [9.17, 15) is 9.59 Å². The third kappa shape index (κ3) is 3.34. The molecule has 1 atom stereocenters. The van der Waals surface area contributed by atoms with Gasteiger partial charge in [-0.05, 0) is 13.0 Å². The van der Waals surface area contributed by atoms with E-state index in [1.165, 1.54) is 16.7 Å². The molecule has 1 aromatic heterocycles. The highest BCUT2D eigenvalue weighted by Gasteiger charge is 2.34. The molecule has 1 aromatic rings. The van der Waals surface area contributed by atoms with Gasteiger partial charge < -0.3 is 15.3 Å². The van der Waals surface area contributed by atoms with Crippen LogP contribution in [0.25, 0.3) is 0 Å². The largest absolute Gasteiger partial charge is 0.480 e. The van der Waals surface area contributed by atoms with Gasteiger partial charge in [-0.2, -0.15) is 0 Å². The van der Waals surface area contributed by atoms with Crippen LogP contribution in [0.1, 0.15) is 11.5 Å². The van der Waals surface area contributed by atoms with Crippen molar-refractivity contribution in [1.82, 2.24) is 20.2 Å². The number of hydrogen-bond acceptors (Lipinski definition) is 5. The van der Waals surface area contributed by atoms with Gasteiger partial charge in [-0.1, -0.05) is 0 Å². The van der Waals surface area contributed by atoms with E-state index >= 15 is 0 Å². The third-order valence-electron chi connectivity index (χ3n) is 2.68. The molecule has 1 unspecified atom stereocenters. The molecule has 0 spiro atoms. The molecular formula is C11H14N4O3S. The Hall–Kier alpha value is -1.83. The summed E-state index contributed by atoms with van der Waals surface area (Å²) in [6.07, 6.45) is 1.62. The summed E-state index contributed by atoms with van der Waals surface area (Å²) < 4.78 is 0. The van der Waals surface area contributed by atoms with Crippen LogP contribution in [0, 0.1) is 6.92 Å². The first-order valence-corrected chi connectivity index (χ1v) is 6.87. The van der Waals surface area contributed by atoms with Crippen LogP contribution in [0.3, 0.4) is 0 Å². The zero-order valence-electron chi connectivity index (χ0n) is 10.4. The van der Waals surface area contributed by atoms with Gasteiger partial charge in [-0.15, -0.1) is 11.8 Å². The zero-order valence-corrected chi connectivity index (χ0v) is 11.2. The van der Waals surface area contributed by atoms with E-state index in [2.05, 4.69) is 15.3 Å². The highest BCUT2D eigenvalue weighted by Crippen LogP contribution is 2.20. The molecule has 8 heteroatoms. The number of carbonyl (C=O) groups is 2. The van der Waals surface area contributed by atoms with Gasteiger partial charge in [0, 0.05) is 11.9 Å². The van der Waals surface area contributed by atoms with E-state index in [1.807, 2.05) is 0 Å². The zero-order chi connectivity index (χ0) is 13.8. The van der Waals surface area contributed by atoms with E-state index in [0.29, 0.717) is 23.1 Å². The Bertz CT molecular complexity index is 497. The molecule has 102 valence electrons. The van der Waals surface area contributed by atoms with Crippen molar-refractivity contribution in [2.75, 3.05) is 11.6 Å². The fourth-order valence-electron chi connectivity index (χ4n) is 1.72. The maximum atomic E-state index is 11.9. The van der Waals surface area contributed by atoms with Gasteiger partial charge in [0.2, 0.25) is 0 Å². The lowest BCUT2D eigenvalue weighted by atomic mass is 10.3. The lowest BCUT2D eigenvalue weighted by molar-refractivity contribution is -0.140. The van der Waals surface area contributed by atoms with E-state index in [1.54, 1.807) is 19.2 Å². The number of aryl methyl sites for hydroxylation is 1. The second-order valence-corrected chi connectivity index (χ2v) is 5.08. The molecule has 0 aromatic carbocycles. The average Bonchev–Trinajstić information content (AvgIpc) is 2.85. The molecular weight excluding hydrogens is 268 g/mol. The van der Waals surface area contributed by atoms with Crippen molar-refractivity contribution in [2.45, 2.75) is 19.5 Å². The number of thioether (sulfide) groups is 1. The van der Waals surface area contributed by atoms with Crippen LogP contribution in [-0.2, 0) is 11.3 Å². The van der Waals surface area contributed by atoms with Crippen LogP contribution in [0.4, 0.5) is 4.79 Å². The molecule has 2 N–H and O–H groups in total. The highest BCUT2D eigenvalue weighted by atomic mass is 32.2. The first-order chi connectivity index (χ1) is 9.08. The van der Waals surface area contributed by atoms with Crippen molar-refractivity contribution in [3.05, 3.63) is 23.8 Å². The van der Waals surface area contributed by atoms with Crippen molar-refractivity contribution in [3.8, 4) is 0 Å². The van der Waals surface area contributed by atoms with Gasteiger partial charge in [-0.25, -0.2) is 19.6 Å². The van der Waals surface area contributed by atoms with Gasteiger partial charge in [-0.3, -0.25) is 0 Å². The molecule has 2 amide bonds. The van der Waals surface area contributed by atoms with Crippen molar-refractivity contribution >= 4 is 23.8 Å². The maximum absolute atomic E-state index is 11.9. The Morgan fingerprint density at radius 3 is 3.11 bits per heavy atom. The summed E-state index contributed by atoms with van der Waals surface area (Å²) in [7, 11) is 0. The Balaban J connectivity index is 1.92. The molecule has 2 rings (SSSR count). The minimum Gasteiger partial charge on any atom is -0.480 e. The summed E-state index contributed by atoms with van der Waals surface area (Å²) in [4.78, 5) is 32.3. The quantitative estimate of drug-likeness (QED) is 0.836. The van der Waals surface area contributed by atoms with Crippen LogP contribution in [0.2, 0.25) is 0 Å². The van der Waals surface area contributed by atoms with Gasteiger partial charge in [0.15, 0.2) is 0 Å². The van der Waals surface area contributed by atoms with Crippen LogP contribution in [0.15, 0.2) is 12.3 Å². The number of hydrogen-bond donors (Lipinski definition) is 2. The monoisotopic (exact) mass is 282 g/mol. The van der Waals surface area contributed by atoms with Gasteiger partial charge in [0.1, 0.15) is 11.9 Å². The van der Waals surface area contributed by atoms with Gasteiger partial charge >= 0.3 is 12.0 Å². The minimum atomic E-state index is -0.974. The smallest absolute Gasteiger partial charge is 0.327 e. The van der Waals surface area contributed by atoms with Crippen molar-refractivity contribution < 1.29 is 14.7 Å². The maximum Gasteiger partial charge on any atom is 0.327 e. The lowest BCUT2D eigenvalue weighted by Crippen LogP contribution is -2.46. The lowest BCUT2D eigenvalue weighted by Gasteiger charge is -2.20. The van der Waals surface area contributed by atoms with Gasteiger partial charge in [0.05, 0.1) is 18.1 Å². The molecule has 0 aliphatic carbocycles. The van der Waals surface area contributed by atoms with Crippen LogP contribution in [0.5, 0.6) is 0 Å². The Kier molecular flexibility index (Phi) is 4.20. The Labute approximate surface area is 114 Å². The summed E-state index contributed by atoms with van der Waals surface area (Å²) in [5, 5.41) is 11.7. The number of nitrogens with zero attached hydrogens (tertiary/aromatic N) is 3. The first kappa shape index (κ1) is 13.6. The first-order valence-electron chi connectivity index (χ1n) is 5.71. The molecule has 19 heavy (non-hydrogen) atoms. The predicted molar refractivity (Wildman–Crippen MR) is 69.6 cm³/mol. The fraction of sp³-hybridized carbons (Fsp3) is 0.455. The number of nitrogens with one attached hydrogen (secondary N) is 1. The van der Waals surface area contributed by atoms with E-state index in [4.69, 9.17) is 5.11 Å². The molecule has 1 fully saturated rings. The molecule has 7 nitrogen and oxygen atoms in total. The molecule has 0 radical (unpaired) electrons. The minimum absolute atomic E-state index is 0.260. The Morgan fingerprint density at radius 1 is 1.63 bits per heavy atom. The number of carboxylic acids is 1. The van der Waals surface area contributed by atoms with E-state index in [-0.39, 0.29) is 12.6 Å². The highest BCUT2D eigenvalue weighted by molar-refractivity contribution is 7.99. The number of aliphatic carboxylic acids is 1. The summed E-state index contributed by atoms with van der Waals surface area (Å²) in [6, 6.07) is 0.575. The SMILES string of the molecule is Cc1nccc(CNC(=O)N2CSCC2C(=O)O)n1. The number of aromatic nitrogens is 2. The summed E-state index contributed by atoms with van der Waals surface area (Å²) in [6.45, 7) is 2.03. The third-order valence-corrected chi connectivity index (χ3v) is 3.69. The van der Waals surface area contributed by atoms with E-state index < -0.39 is 12.0 Å². The van der Waals surface area contributed by atoms with Crippen LogP contribution < -0.4 is 5.32 Å². The number of rotatable bonds is 3. The van der Waals surface area contributed by atoms with Crippen LogP contribution in [-0.4, -0.2) is 49.6 Å². The second kappa shape index (κ2) is 5.87. The number of urea groups is 1. The normalized spacial score (nSPS) is 18.4. The molecule has 1 saturated heterocycles. The molecule has 2 heterocycles. The molecule has 0 bridgehead atoms. The summed E-state index contributed by atoms with van der Waals surface area (Å²) in [5.74, 6) is 0.478. The van der Waals surface area contributed by atoms with Crippen molar-refractivity contribution in [1.29, 1.82) is 0 Å². The Morgan fingerprint density at radius 2 is 2.42 bits per heavy atom. The molecule has 1 aliphatic rings. The standard InChI is InChI=1S/C11H14N4O3S/c1-7-12-3-2-8(14-7)4-13-11(18)15-6-19-5-9(15)10(16)17/h2-3,9H,4-6H2,1H3,(H,13,18)(H,16,17).